The highest BCUT2D eigenvalue weighted by molar-refractivity contribution is 7.12. The molecule has 82 valence electrons. The van der Waals surface area contributed by atoms with Gasteiger partial charge >= 0.3 is 0 Å². The predicted octanol–water partition coefficient (Wildman–Crippen LogP) is 1.59. The lowest BCUT2D eigenvalue weighted by Gasteiger charge is -2.30. The van der Waals surface area contributed by atoms with Crippen LogP contribution in [0, 0.1) is 5.92 Å². The summed E-state index contributed by atoms with van der Waals surface area (Å²) in [6.07, 6.45) is 1.85. The summed E-state index contributed by atoms with van der Waals surface area (Å²) >= 11 is 1.49. The minimum Gasteiger partial charge on any atom is -0.396 e. The van der Waals surface area contributed by atoms with Crippen molar-refractivity contribution in [2.24, 2.45) is 5.92 Å². The molecule has 1 saturated heterocycles. The summed E-state index contributed by atoms with van der Waals surface area (Å²) in [6, 6.07) is 3.77. The Morgan fingerprint density at radius 1 is 1.53 bits per heavy atom. The standard InChI is InChI=1S/C11H15NO2S/c13-8-9-3-5-12(6-4-9)11(14)10-2-1-7-15-10/h1-2,7,9,13H,3-6,8H2. The van der Waals surface area contributed by atoms with Crippen molar-refractivity contribution in [3.63, 3.8) is 0 Å². The Morgan fingerprint density at radius 3 is 2.80 bits per heavy atom. The molecule has 0 spiro atoms. The van der Waals surface area contributed by atoms with E-state index in [0.29, 0.717) is 5.92 Å². The van der Waals surface area contributed by atoms with Crippen LogP contribution >= 0.6 is 11.3 Å². The van der Waals surface area contributed by atoms with Gasteiger partial charge in [-0.15, -0.1) is 11.3 Å². The molecule has 0 aromatic carbocycles. The molecule has 1 amide bonds. The zero-order valence-electron chi connectivity index (χ0n) is 8.56. The summed E-state index contributed by atoms with van der Waals surface area (Å²) in [7, 11) is 0. The first-order valence-corrected chi connectivity index (χ1v) is 6.13. The van der Waals surface area contributed by atoms with Gasteiger partial charge in [0, 0.05) is 19.7 Å². The number of hydrogen-bond donors (Lipinski definition) is 1. The molecule has 0 atom stereocenters. The lowest BCUT2D eigenvalue weighted by molar-refractivity contribution is 0.0655. The number of likely N-dealkylation sites (tertiary alicyclic amines) is 1. The third kappa shape index (κ3) is 2.38. The second-order valence-electron chi connectivity index (χ2n) is 3.90. The first kappa shape index (κ1) is 10.6. The van der Waals surface area contributed by atoms with E-state index in [0.717, 1.165) is 30.8 Å². The molecular formula is C11H15NO2S. The lowest BCUT2D eigenvalue weighted by atomic mass is 9.98. The number of aliphatic hydroxyl groups is 1. The van der Waals surface area contributed by atoms with Crippen molar-refractivity contribution in [1.29, 1.82) is 0 Å². The van der Waals surface area contributed by atoms with Crippen molar-refractivity contribution >= 4 is 17.2 Å². The lowest BCUT2D eigenvalue weighted by Crippen LogP contribution is -2.38. The molecule has 1 fully saturated rings. The van der Waals surface area contributed by atoms with Gasteiger partial charge in [0.1, 0.15) is 0 Å². The third-order valence-electron chi connectivity index (χ3n) is 2.89. The Hall–Kier alpha value is -0.870. The number of carbonyl (C=O) groups is 1. The van der Waals surface area contributed by atoms with Gasteiger partial charge in [-0.1, -0.05) is 6.07 Å². The summed E-state index contributed by atoms with van der Waals surface area (Å²) in [6.45, 7) is 1.81. The highest BCUT2D eigenvalue weighted by atomic mass is 32.1. The normalized spacial score (nSPS) is 18.1. The van der Waals surface area contributed by atoms with Gasteiger partial charge in [0.2, 0.25) is 0 Å². The molecule has 0 unspecified atom stereocenters. The van der Waals surface area contributed by atoms with Crippen LogP contribution in [-0.2, 0) is 0 Å². The first-order valence-electron chi connectivity index (χ1n) is 5.25. The van der Waals surface area contributed by atoms with Crippen LogP contribution in [0.25, 0.3) is 0 Å². The zero-order chi connectivity index (χ0) is 10.7. The summed E-state index contributed by atoms with van der Waals surface area (Å²) in [4.78, 5) is 14.6. The average molecular weight is 225 g/mol. The van der Waals surface area contributed by atoms with Gasteiger partial charge < -0.3 is 10.0 Å². The van der Waals surface area contributed by atoms with Crippen molar-refractivity contribution < 1.29 is 9.90 Å². The largest absolute Gasteiger partial charge is 0.396 e. The van der Waals surface area contributed by atoms with Gasteiger partial charge in [-0.05, 0) is 30.2 Å². The van der Waals surface area contributed by atoms with Crippen molar-refractivity contribution in [2.75, 3.05) is 19.7 Å². The molecule has 15 heavy (non-hydrogen) atoms. The van der Waals surface area contributed by atoms with Crippen molar-refractivity contribution in [3.8, 4) is 0 Å². The molecule has 4 heteroatoms. The highest BCUT2D eigenvalue weighted by Crippen LogP contribution is 2.20. The quantitative estimate of drug-likeness (QED) is 0.830. The summed E-state index contributed by atoms with van der Waals surface area (Å²) in [5.41, 5.74) is 0. The fourth-order valence-corrected chi connectivity index (χ4v) is 2.57. The van der Waals surface area contributed by atoms with Crippen molar-refractivity contribution in [3.05, 3.63) is 22.4 Å². The minimum atomic E-state index is 0.140. The van der Waals surface area contributed by atoms with Crippen LogP contribution in [0.15, 0.2) is 17.5 Å². The molecule has 1 N–H and O–H groups in total. The summed E-state index contributed by atoms with van der Waals surface area (Å²) < 4.78 is 0. The Kier molecular flexibility index (Phi) is 3.38. The molecule has 0 bridgehead atoms. The fourth-order valence-electron chi connectivity index (χ4n) is 1.87. The number of nitrogens with zero attached hydrogens (tertiary/aromatic N) is 1. The molecule has 0 radical (unpaired) electrons. The topological polar surface area (TPSA) is 40.5 Å². The second kappa shape index (κ2) is 4.77. The van der Waals surface area contributed by atoms with Gasteiger partial charge in [0.15, 0.2) is 0 Å². The molecule has 3 nitrogen and oxygen atoms in total. The number of aliphatic hydroxyl groups excluding tert-OH is 1. The van der Waals surface area contributed by atoms with E-state index >= 15 is 0 Å². The van der Waals surface area contributed by atoms with E-state index in [9.17, 15) is 4.79 Å². The molecular weight excluding hydrogens is 210 g/mol. The van der Waals surface area contributed by atoms with Crippen molar-refractivity contribution in [1.82, 2.24) is 4.90 Å². The van der Waals surface area contributed by atoms with E-state index in [1.165, 1.54) is 11.3 Å². The number of thiophene rings is 1. The van der Waals surface area contributed by atoms with Crippen molar-refractivity contribution in [2.45, 2.75) is 12.8 Å². The van der Waals surface area contributed by atoms with Gasteiger partial charge in [0.05, 0.1) is 4.88 Å². The fraction of sp³-hybridized carbons (Fsp3) is 0.545. The molecule has 1 aliphatic rings. The van der Waals surface area contributed by atoms with Gasteiger partial charge in [-0.2, -0.15) is 0 Å². The number of rotatable bonds is 2. The van der Waals surface area contributed by atoms with Crippen LogP contribution in [0.3, 0.4) is 0 Å². The average Bonchev–Trinajstić information content (AvgIpc) is 2.82. The molecule has 1 aliphatic heterocycles. The van der Waals surface area contributed by atoms with Crippen LogP contribution in [0.2, 0.25) is 0 Å². The smallest absolute Gasteiger partial charge is 0.263 e. The zero-order valence-corrected chi connectivity index (χ0v) is 9.37. The number of piperidine rings is 1. The highest BCUT2D eigenvalue weighted by Gasteiger charge is 2.23. The molecule has 1 aromatic rings. The van der Waals surface area contributed by atoms with Gasteiger partial charge in [-0.25, -0.2) is 0 Å². The van der Waals surface area contributed by atoms with E-state index in [4.69, 9.17) is 5.11 Å². The molecule has 1 aromatic heterocycles. The second-order valence-corrected chi connectivity index (χ2v) is 4.84. The Labute approximate surface area is 93.3 Å². The number of hydrogen-bond acceptors (Lipinski definition) is 3. The third-order valence-corrected chi connectivity index (χ3v) is 3.75. The van der Waals surface area contributed by atoms with Crippen LogP contribution in [0.1, 0.15) is 22.5 Å². The predicted molar refractivity (Wildman–Crippen MR) is 60.0 cm³/mol. The van der Waals surface area contributed by atoms with E-state index in [-0.39, 0.29) is 12.5 Å². The number of amides is 1. The van der Waals surface area contributed by atoms with E-state index < -0.39 is 0 Å². The summed E-state index contributed by atoms with van der Waals surface area (Å²) in [5, 5.41) is 10.9. The Morgan fingerprint density at radius 2 is 2.27 bits per heavy atom. The number of carbonyl (C=O) groups excluding carboxylic acids is 1. The molecule has 2 rings (SSSR count). The first-order chi connectivity index (χ1) is 7.31. The SMILES string of the molecule is O=C(c1cccs1)N1CCC(CO)CC1. The molecule has 2 heterocycles. The van der Waals surface area contributed by atoms with Crippen LogP contribution in [0.4, 0.5) is 0 Å². The maximum atomic E-state index is 11.9. The maximum absolute atomic E-state index is 11.9. The molecule has 0 saturated carbocycles. The Balaban J connectivity index is 1.93. The monoisotopic (exact) mass is 225 g/mol. The maximum Gasteiger partial charge on any atom is 0.263 e. The van der Waals surface area contributed by atoms with E-state index in [1.807, 2.05) is 22.4 Å². The van der Waals surface area contributed by atoms with Gasteiger partial charge in [-0.3, -0.25) is 4.79 Å². The minimum absolute atomic E-state index is 0.140. The van der Waals surface area contributed by atoms with E-state index in [1.54, 1.807) is 0 Å². The van der Waals surface area contributed by atoms with Crippen LogP contribution in [0.5, 0.6) is 0 Å². The van der Waals surface area contributed by atoms with Crippen LogP contribution in [-0.4, -0.2) is 35.6 Å². The van der Waals surface area contributed by atoms with Crippen LogP contribution < -0.4 is 0 Å². The van der Waals surface area contributed by atoms with E-state index in [2.05, 4.69) is 0 Å². The van der Waals surface area contributed by atoms with Gasteiger partial charge in [0.25, 0.3) is 5.91 Å². The Bertz CT molecular complexity index is 315. The molecule has 0 aliphatic carbocycles. The summed E-state index contributed by atoms with van der Waals surface area (Å²) in [5.74, 6) is 0.527.